The van der Waals surface area contributed by atoms with Gasteiger partial charge in [-0.05, 0) is 24.3 Å². The molecular formula is C14H13ClN2O4S. The molecule has 8 heteroatoms. The molecule has 2 aromatic rings. The molecule has 0 spiro atoms. The van der Waals surface area contributed by atoms with Crippen LogP contribution in [0.3, 0.4) is 0 Å². The van der Waals surface area contributed by atoms with E-state index in [0.29, 0.717) is 10.6 Å². The molecule has 0 fully saturated rings. The van der Waals surface area contributed by atoms with Gasteiger partial charge in [-0.15, -0.1) is 0 Å². The first-order valence-corrected chi connectivity index (χ1v) is 8.08. The smallest absolute Gasteiger partial charge is 0.258 e. The zero-order chi connectivity index (χ0) is 16.3. The predicted octanol–water partition coefficient (Wildman–Crippen LogP) is 3.07. The molecule has 22 heavy (non-hydrogen) atoms. The maximum Gasteiger partial charge on any atom is 0.273 e. The molecule has 0 saturated carbocycles. The number of sulfonamides is 1. The lowest BCUT2D eigenvalue weighted by molar-refractivity contribution is -0.385. The Morgan fingerprint density at radius 3 is 2.32 bits per heavy atom. The molecule has 0 unspecified atom stereocenters. The normalized spacial score (nSPS) is 11.6. The first-order valence-electron chi connectivity index (χ1n) is 6.26. The number of halogens is 1. The van der Waals surface area contributed by atoms with Crippen molar-refractivity contribution in [3.63, 3.8) is 0 Å². The summed E-state index contributed by atoms with van der Waals surface area (Å²) >= 11 is 5.74. The molecule has 0 aliphatic heterocycles. The molecule has 6 nitrogen and oxygen atoms in total. The molecule has 0 aliphatic rings. The van der Waals surface area contributed by atoms with Crippen molar-refractivity contribution in [2.24, 2.45) is 0 Å². The van der Waals surface area contributed by atoms with Gasteiger partial charge in [0.25, 0.3) is 5.69 Å². The topological polar surface area (TPSA) is 80.5 Å². The minimum absolute atomic E-state index is 0.0815. The van der Waals surface area contributed by atoms with Crippen LogP contribution in [0.2, 0.25) is 5.02 Å². The van der Waals surface area contributed by atoms with Crippen molar-refractivity contribution in [1.29, 1.82) is 0 Å². The Kier molecular flexibility index (Phi) is 4.80. The number of para-hydroxylation sites is 1. The molecule has 0 radical (unpaired) electrons. The molecule has 0 atom stereocenters. The summed E-state index contributed by atoms with van der Waals surface area (Å²) in [5.74, 6) is 0. The Hall–Kier alpha value is -1.96. The number of benzene rings is 2. The van der Waals surface area contributed by atoms with Gasteiger partial charge >= 0.3 is 0 Å². The molecule has 0 N–H and O–H groups in total. The van der Waals surface area contributed by atoms with Gasteiger partial charge in [0.15, 0.2) is 0 Å². The van der Waals surface area contributed by atoms with E-state index in [-0.39, 0.29) is 17.1 Å². The average Bonchev–Trinajstić information content (AvgIpc) is 2.48. The summed E-state index contributed by atoms with van der Waals surface area (Å²) in [5.41, 5.74) is 0.216. The Morgan fingerprint density at radius 1 is 1.14 bits per heavy atom. The molecule has 0 aliphatic carbocycles. The van der Waals surface area contributed by atoms with E-state index in [1.165, 1.54) is 49.5 Å². The monoisotopic (exact) mass is 340 g/mol. The van der Waals surface area contributed by atoms with Crippen molar-refractivity contribution >= 4 is 27.3 Å². The standard InChI is InChI=1S/C14H13ClN2O4S/c1-16(10-11-4-2-3-5-14(11)17(18)19)22(20,21)13-8-6-12(15)7-9-13/h2-9H,10H2,1H3. The molecule has 0 bridgehead atoms. The van der Waals surface area contributed by atoms with E-state index in [0.717, 1.165) is 4.31 Å². The Bertz CT molecular complexity index is 791. The lowest BCUT2D eigenvalue weighted by Gasteiger charge is -2.17. The van der Waals surface area contributed by atoms with Gasteiger partial charge < -0.3 is 0 Å². The number of nitrogens with zero attached hydrogens (tertiary/aromatic N) is 2. The van der Waals surface area contributed by atoms with Crippen LogP contribution in [0.15, 0.2) is 53.4 Å². The summed E-state index contributed by atoms with van der Waals surface area (Å²) in [6, 6.07) is 11.8. The minimum atomic E-state index is -3.74. The lowest BCUT2D eigenvalue weighted by Crippen LogP contribution is -2.26. The number of nitro benzene ring substituents is 1. The van der Waals surface area contributed by atoms with E-state index >= 15 is 0 Å². The molecule has 116 valence electrons. The van der Waals surface area contributed by atoms with Crippen molar-refractivity contribution < 1.29 is 13.3 Å². The maximum absolute atomic E-state index is 12.4. The van der Waals surface area contributed by atoms with Gasteiger partial charge in [-0.2, -0.15) is 4.31 Å². The molecule has 0 saturated heterocycles. The van der Waals surface area contributed by atoms with E-state index in [4.69, 9.17) is 11.6 Å². The van der Waals surface area contributed by atoms with Crippen LogP contribution in [0.25, 0.3) is 0 Å². The fourth-order valence-electron chi connectivity index (χ4n) is 1.93. The maximum atomic E-state index is 12.4. The van der Waals surface area contributed by atoms with E-state index in [2.05, 4.69) is 0 Å². The van der Waals surface area contributed by atoms with Crippen LogP contribution in [0.1, 0.15) is 5.56 Å². The highest BCUT2D eigenvalue weighted by Gasteiger charge is 2.23. The number of hydrogen-bond donors (Lipinski definition) is 0. The van der Waals surface area contributed by atoms with Gasteiger partial charge in [0.2, 0.25) is 10.0 Å². The average molecular weight is 341 g/mol. The zero-order valence-electron chi connectivity index (χ0n) is 11.6. The van der Waals surface area contributed by atoms with Crippen molar-refractivity contribution in [1.82, 2.24) is 4.31 Å². The fourth-order valence-corrected chi connectivity index (χ4v) is 3.21. The summed E-state index contributed by atoms with van der Waals surface area (Å²) in [4.78, 5) is 10.5. The molecule has 0 amide bonds. The van der Waals surface area contributed by atoms with Crippen LogP contribution >= 0.6 is 11.6 Å². The molecule has 2 rings (SSSR count). The number of nitro groups is 1. The van der Waals surface area contributed by atoms with Gasteiger partial charge in [0.05, 0.1) is 9.82 Å². The Morgan fingerprint density at radius 2 is 1.73 bits per heavy atom. The van der Waals surface area contributed by atoms with E-state index in [9.17, 15) is 18.5 Å². The fraction of sp³-hybridized carbons (Fsp3) is 0.143. The summed E-state index contributed by atoms with van der Waals surface area (Å²) in [7, 11) is -2.37. The van der Waals surface area contributed by atoms with Crippen LogP contribution in [0, 0.1) is 10.1 Å². The quantitative estimate of drug-likeness (QED) is 0.618. The molecule has 2 aromatic carbocycles. The van der Waals surface area contributed by atoms with E-state index in [1.807, 2.05) is 0 Å². The van der Waals surface area contributed by atoms with E-state index < -0.39 is 14.9 Å². The van der Waals surface area contributed by atoms with Crippen molar-refractivity contribution in [3.8, 4) is 0 Å². The second-order valence-corrected chi connectivity index (χ2v) is 7.08. The van der Waals surface area contributed by atoms with Crippen molar-refractivity contribution in [2.75, 3.05) is 7.05 Å². The van der Waals surface area contributed by atoms with Crippen LogP contribution in [-0.2, 0) is 16.6 Å². The third kappa shape index (κ3) is 3.44. The first-order chi connectivity index (χ1) is 10.3. The van der Waals surface area contributed by atoms with Gasteiger partial charge in [0, 0.05) is 30.2 Å². The van der Waals surface area contributed by atoms with E-state index in [1.54, 1.807) is 6.07 Å². The van der Waals surface area contributed by atoms with Crippen LogP contribution in [0.4, 0.5) is 5.69 Å². The van der Waals surface area contributed by atoms with Crippen LogP contribution in [0.5, 0.6) is 0 Å². The van der Waals surface area contributed by atoms with Gasteiger partial charge in [0.1, 0.15) is 0 Å². The summed E-state index contributed by atoms with van der Waals surface area (Å²) < 4.78 is 26.0. The molecular weight excluding hydrogens is 328 g/mol. The SMILES string of the molecule is CN(Cc1ccccc1[N+](=O)[O-])S(=O)(=O)c1ccc(Cl)cc1. The molecule has 0 aromatic heterocycles. The zero-order valence-corrected chi connectivity index (χ0v) is 13.2. The van der Waals surface area contributed by atoms with Gasteiger partial charge in [-0.25, -0.2) is 8.42 Å². The third-order valence-electron chi connectivity index (χ3n) is 3.10. The van der Waals surface area contributed by atoms with Gasteiger partial charge in [-0.3, -0.25) is 10.1 Å². The minimum Gasteiger partial charge on any atom is -0.258 e. The number of hydrogen-bond acceptors (Lipinski definition) is 4. The summed E-state index contributed by atoms with van der Waals surface area (Å²) in [6.45, 7) is -0.0951. The largest absolute Gasteiger partial charge is 0.273 e. The van der Waals surface area contributed by atoms with Gasteiger partial charge in [-0.1, -0.05) is 29.8 Å². The highest BCUT2D eigenvalue weighted by Crippen LogP contribution is 2.23. The molecule has 0 heterocycles. The van der Waals surface area contributed by atoms with Crippen molar-refractivity contribution in [3.05, 3.63) is 69.2 Å². The number of rotatable bonds is 5. The summed E-state index contributed by atoms with van der Waals surface area (Å²) in [5, 5.41) is 11.4. The second kappa shape index (κ2) is 6.43. The highest BCUT2D eigenvalue weighted by molar-refractivity contribution is 7.89. The third-order valence-corrected chi connectivity index (χ3v) is 5.17. The van der Waals surface area contributed by atoms with Crippen molar-refractivity contribution in [2.45, 2.75) is 11.4 Å². The Labute approximate surface area is 133 Å². The lowest BCUT2D eigenvalue weighted by atomic mass is 10.2. The van der Waals surface area contributed by atoms with Crippen LogP contribution < -0.4 is 0 Å². The van der Waals surface area contributed by atoms with Crippen LogP contribution in [-0.4, -0.2) is 24.7 Å². The first kappa shape index (κ1) is 16.4. The second-order valence-electron chi connectivity index (χ2n) is 4.60. The summed E-state index contributed by atoms with van der Waals surface area (Å²) in [6.07, 6.45) is 0. The highest BCUT2D eigenvalue weighted by atomic mass is 35.5. The predicted molar refractivity (Wildman–Crippen MR) is 83.2 cm³/mol. The Balaban J connectivity index is 2.31.